The van der Waals surface area contributed by atoms with Crippen LogP contribution < -0.4 is 5.32 Å². The summed E-state index contributed by atoms with van der Waals surface area (Å²) in [5.41, 5.74) is -0.263. The van der Waals surface area contributed by atoms with E-state index in [1.165, 1.54) is 24.4 Å². The van der Waals surface area contributed by atoms with Crippen molar-refractivity contribution in [2.75, 3.05) is 5.32 Å². The molecule has 0 atom stereocenters. The second-order valence-corrected chi connectivity index (χ2v) is 4.62. The minimum absolute atomic E-state index is 0.0672. The molecule has 1 aromatic heterocycles. The Kier molecular flexibility index (Phi) is 3.42. The van der Waals surface area contributed by atoms with Gasteiger partial charge in [0.05, 0.1) is 5.56 Å². The summed E-state index contributed by atoms with van der Waals surface area (Å²) in [5.74, 6) is -2.42. The van der Waals surface area contributed by atoms with E-state index in [1.54, 1.807) is 12.1 Å². The summed E-state index contributed by atoms with van der Waals surface area (Å²) in [6, 6.07) is 9.67. The number of carboxylic acids is 1. The zero-order chi connectivity index (χ0) is 15.7. The molecule has 0 aliphatic carbocycles. The zero-order valence-corrected chi connectivity index (χ0v) is 11.2. The third-order valence-corrected chi connectivity index (χ3v) is 3.22. The second-order valence-electron chi connectivity index (χ2n) is 4.62. The van der Waals surface area contributed by atoms with E-state index in [-0.39, 0.29) is 17.1 Å². The number of carbonyl (C=O) groups is 1. The molecule has 0 saturated carbocycles. The predicted molar refractivity (Wildman–Crippen MR) is 78.3 cm³/mol. The first-order valence-corrected chi connectivity index (χ1v) is 6.39. The van der Waals surface area contributed by atoms with E-state index in [4.69, 9.17) is 5.11 Å². The maximum atomic E-state index is 13.7. The van der Waals surface area contributed by atoms with Gasteiger partial charge in [0, 0.05) is 11.6 Å². The smallest absolute Gasteiger partial charge is 0.335 e. The van der Waals surface area contributed by atoms with Gasteiger partial charge in [0.25, 0.3) is 0 Å². The molecule has 3 aromatic rings. The van der Waals surface area contributed by atoms with Gasteiger partial charge in [-0.15, -0.1) is 0 Å². The van der Waals surface area contributed by atoms with Crippen molar-refractivity contribution >= 4 is 28.2 Å². The molecule has 22 heavy (non-hydrogen) atoms. The highest BCUT2D eigenvalue weighted by Gasteiger charge is 2.12. The molecular formula is C16H10F2N2O2. The molecule has 0 unspecified atom stereocenters. The van der Waals surface area contributed by atoms with Crippen LogP contribution in [0.2, 0.25) is 0 Å². The highest BCUT2D eigenvalue weighted by molar-refractivity contribution is 5.99. The van der Waals surface area contributed by atoms with Crippen LogP contribution in [0.5, 0.6) is 0 Å². The Morgan fingerprint density at radius 3 is 2.50 bits per heavy atom. The van der Waals surface area contributed by atoms with Gasteiger partial charge >= 0.3 is 5.97 Å². The highest BCUT2D eigenvalue weighted by Crippen LogP contribution is 2.28. The lowest BCUT2D eigenvalue weighted by atomic mass is 10.1. The third kappa shape index (κ3) is 2.46. The molecule has 0 amide bonds. The number of pyridine rings is 1. The number of aromatic carboxylic acids is 1. The Hall–Kier alpha value is -3.02. The lowest BCUT2D eigenvalue weighted by Gasteiger charge is -2.10. The second kappa shape index (κ2) is 5.40. The van der Waals surface area contributed by atoms with Crippen molar-refractivity contribution < 1.29 is 18.7 Å². The quantitative estimate of drug-likeness (QED) is 0.768. The summed E-state index contributed by atoms with van der Waals surface area (Å²) in [6.07, 6.45) is 1.48. The largest absolute Gasteiger partial charge is 0.478 e. The maximum absolute atomic E-state index is 13.7. The molecule has 1 heterocycles. The van der Waals surface area contributed by atoms with Gasteiger partial charge in [-0.3, -0.25) is 0 Å². The molecule has 0 aliphatic rings. The van der Waals surface area contributed by atoms with Gasteiger partial charge in [0.2, 0.25) is 0 Å². The summed E-state index contributed by atoms with van der Waals surface area (Å²) >= 11 is 0. The van der Waals surface area contributed by atoms with E-state index in [0.29, 0.717) is 10.8 Å². The minimum Gasteiger partial charge on any atom is -0.478 e. The normalized spacial score (nSPS) is 10.6. The first-order valence-electron chi connectivity index (χ1n) is 6.39. The minimum atomic E-state index is -1.09. The number of nitrogens with one attached hydrogen (secondary N) is 1. The monoisotopic (exact) mass is 300 g/mol. The van der Waals surface area contributed by atoms with Gasteiger partial charge in [-0.25, -0.2) is 18.6 Å². The molecular weight excluding hydrogens is 290 g/mol. The Balaban J connectivity index is 2.14. The molecule has 3 rings (SSSR count). The fraction of sp³-hybridized carbons (Fsp3) is 0. The molecule has 0 spiro atoms. The van der Waals surface area contributed by atoms with Crippen molar-refractivity contribution in [1.82, 2.24) is 4.98 Å². The summed E-state index contributed by atoms with van der Waals surface area (Å²) in [4.78, 5) is 15.1. The average molecular weight is 300 g/mol. The summed E-state index contributed by atoms with van der Waals surface area (Å²) < 4.78 is 27.4. The number of hydrogen-bond donors (Lipinski definition) is 2. The van der Waals surface area contributed by atoms with Crippen LogP contribution in [-0.2, 0) is 0 Å². The molecule has 0 aliphatic heterocycles. The van der Waals surface area contributed by atoms with Crippen molar-refractivity contribution in [3.8, 4) is 0 Å². The third-order valence-electron chi connectivity index (χ3n) is 3.22. The van der Waals surface area contributed by atoms with Gasteiger partial charge in [0.15, 0.2) is 0 Å². The Bertz CT molecular complexity index is 861. The van der Waals surface area contributed by atoms with Crippen molar-refractivity contribution in [1.29, 1.82) is 0 Å². The number of hydrogen-bond acceptors (Lipinski definition) is 3. The van der Waals surface area contributed by atoms with Gasteiger partial charge in [0.1, 0.15) is 23.1 Å². The number of para-hydroxylation sites is 1. The van der Waals surface area contributed by atoms with E-state index in [2.05, 4.69) is 10.3 Å². The van der Waals surface area contributed by atoms with E-state index < -0.39 is 17.6 Å². The van der Waals surface area contributed by atoms with Crippen LogP contribution in [-0.4, -0.2) is 16.1 Å². The molecule has 0 fully saturated rings. The molecule has 0 saturated heterocycles. The van der Waals surface area contributed by atoms with Crippen LogP contribution in [0.25, 0.3) is 10.8 Å². The van der Waals surface area contributed by atoms with E-state index in [1.807, 2.05) is 0 Å². The van der Waals surface area contributed by atoms with E-state index in [9.17, 15) is 13.6 Å². The lowest BCUT2D eigenvalue weighted by Crippen LogP contribution is -2.01. The Labute approximate surface area is 124 Å². The van der Waals surface area contributed by atoms with Crippen molar-refractivity contribution in [3.63, 3.8) is 0 Å². The number of carboxylic acid groups (broad SMARTS) is 1. The van der Waals surface area contributed by atoms with Gasteiger partial charge in [-0.2, -0.15) is 0 Å². The SMILES string of the molecule is O=C(O)c1ccc2ccnc(Nc3c(F)cccc3F)c2c1. The number of aromatic nitrogens is 1. The molecule has 110 valence electrons. The number of rotatable bonds is 3. The fourth-order valence-electron chi connectivity index (χ4n) is 2.14. The van der Waals surface area contributed by atoms with E-state index in [0.717, 1.165) is 12.1 Å². The lowest BCUT2D eigenvalue weighted by molar-refractivity contribution is 0.0697. The molecule has 0 radical (unpaired) electrons. The molecule has 2 aromatic carbocycles. The molecule has 0 bridgehead atoms. The predicted octanol–water partition coefficient (Wildman–Crippen LogP) is 3.95. The first kappa shape index (κ1) is 13.9. The molecule has 2 N–H and O–H groups in total. The Morgan fingerprint density at radius 2 is 1.82 bits per heavy atom. The molecule has 4 nitrogen and oxygen atoms in total. The zero-order valence-electron chi connectivity index (χ0n) is 11.2. The summed E-state index contributed by atoms with van der Waals surface area (Å²) in [5, 5.41) is 12.8. The van der Waals surface area contributed by atoms with Crippen LogP contribution in [0.15, 0.2) is 48.7 Å². The van der Waals surface area contributed by atoms with Gasteiger partial charge in [-0.1, -0.05) is 12.1 Å². The van der Waals surface area contributed by atoms with Gasteiger partial charge < -0.3 is 10.4 Å². The van der Waals surface area contributed by atoms with Crippen LogP contribution in [0, 0.1) is 11.6 Å². The summed E-state index contributed by atoms with van der Waals surface area (Å²) in [6.45, 7) is 0. The topological polar surface area (TPSA) is 62.2 Å². The van der Waals surface area contributed by atoms with Crippen LogP contribution in [0.1, 0.15) is 10.4 Å². The number of nitrogens with zero attached hydrogens (tertiary/aromatic N) is 1. The van der Waals surface area contributed by atoms with Crippen LogP contribution >= 0.6 is 0 Å². The van der Waals surface area contributed by atoms with Crippen molar-refractivity contribution in [2.45, 2.75) is 0 Å². The Morgan fingerprint density at radius 1 is 1.09 bits per heavy atom. The van der Waals surface area contributed by atoms with Crippen LogP contribution in [0.3, 0.4) is 0 Å². The number of halogens is 2. The highest BCUT2D eigenvalue weighted by atomic mass is 19.1. The molecule has 6 heteroatoms. The first-order chi connectivity index (χ1) is 10.6. The number of benzene rings is 2. The van der Waals surface area contributed by atoms with Crippen LogP contribution in [0.4, 0.5) is 20.3 Å². The summed E-state index contributed by atoms with van der Waals surface area (Å²) in [7, 11) is 0. The number of anilines is 2. The van der Waals surface area contributed by atoms with Gasteiger partial charge in [-0.05, 0) is 35.7 Å². The van der Waals surface area contributed by atoms with Crippen molar-refractivity contribution in [3.05, 3.63) is 65.9 Å². The number of fused-ring (bicyclic) bond motifs is 1. The fourth-order valence-corrected chi connectivity index (χ4v) is 2.14. The maximum Gasteiger partial charge on any atom is 0.335 e. The average Bonchev–Trinajstić information content (AvgIpc) is 2.50. The van der Waals surface area contributed by atoms with E-state index >= 15 is 0 Å². The standard InChI is InChI=1S/C16H10F2N2O2/c17-12-2-1-3-13(18)14(12)20-15-11-8-10(16(21)22)5-4-9(11)6-7-19-15/h1-8H,(H,19,20)(H,21,22). The van der Waals surface area contributed by atoms with Crippen molar-refractivity contribution in [2.24, 2.45) is 0 Å².